The maximum absolute atomic E-state index is 12.6. The standard InChI is InChI=1S/C19H21NO3/c1-13(2)23-16-9-7-14(8-10-16)18(12-21)20-11-15-5-3-4-6-17(15)19(20)22/h3-10,13,18,21H,11-12H2,1-2H3. The summed E-state index contributed by atoms with van der Waals surface area (Å²) in [6.45, 7) is 4.38. The molecule has 1 unspecified atom stereocenters. The number of amides is 1. The first-order valence-electron chi connectivity index (χ1n) is 7.86. The van der Waals surface area contributed by atoms with Crippen molar-refractivity contribution in [2.75, 3.05) is 6.61 Å². The summed E-state index contributed by atoms with van der Waals surface area (Å²) >= 11 is 0. The van der Waals surface area contributed by atoms with Gasteiger partial charge < -0.3 is 14.7 Å². The largest absolute Gasteiger partial charge is 0.491 e. The van der Waals surface area contributed by atoms with E-state index in [1.807, 2.05) is 62.4 Å². The van der Waals surface area contributed by atoms with Crippen molar-refractivity contribution in [1.29, 1.82) is 0 Å². The number of carbonyl (C=O) groups excluding carboxylic acids is 1. The van der Waals surface area contributed by atoms with E-state index >= 15 is 0 Å². The second-order valence-corrected chi connectivity index (χ2v) is 6.02. The van der Waals surface area contributed by atoms with Crippen LogP contribution in [0.25, 0.3) is 0 Å². The molecule has 0 radical (unpaired) electrons. The van der Waals surface area contributed by atoms with Gasteiger partial charge >= 0.3 is 0 Å². The monoisotopic (exact) mass is 311 g/mol. The van der Waals surface area contributed by atoms with E-state index in [2.05, 4.69) is 0 Å². The molecule has 1 aliphatic rings. The summed E-state index contributed by atoms with van der Waals surface area (Å²) in [7, 11) is 0. The topological polar surface area (TPSA) is 49.8 Å². The van der Waals surface area contributed by atoms with Crippen LogP contribution in [-0.4, -0.2) is 28.6 Å². The van der Waals surface area contributed by atoms with Crippen molar-refractivity contribution in [1.82, 2.24) is 4.90 Å². The quantitative estimate of drug-likeness (QED) is 0.923. The van der Waals surface area contributed by atoms with Gasteiger partial charge in [-0.15, -0.1) is 0 Å². The molecule has 0 saturated carbocycles. The van der Waals surface area contributed by atoms with Crippen LogP contribution < -0.4 is 4.74 Å². The maximum Gasteiger partial charge on any atom is 0.255 e. The van der Waals surface area contributed by atoms with Gasteiger partial charge in [-0.3, -0.25) is 4.79 Å². The highest BCUT2D eigenvalue weighted by atomic mass is 16.5. The highest BCUT2D eigenvalue weighted by Gasteiger charge is 2.32. The van der Waals surface area contributed by atoms with Crippen LogP contribution in [0.5, 0.6) is 5.75 Å². The molecule has 1 N–H and O–H groups in total. The van der Waals surface area contributed by atoms with Crippen LogP contribution in [0.15, 0.2) is 48.5 Å². The fraction of sp³-hybridized carbons (Fsp3) is 0.316. The van der Waals surface area contributed by atoms with Crippen molar-refractivity contribution in [3.05, 3.63) is 65.2 Å². The smallest absolute Gasteiger partial charge is 0.255 e. The SMILES string of the molecule is CC(C)Oc1ccc(C(CO)N2Cc3ccccc3C2=O)cc1. The number of hydrogen-bond acceptors (Lipinski definition) is 3. The van der Waals surface area contributed by atoms with Gasteiger partial charge in [-0.2, -0.15) is 0 Å². The summed E-state index contributed by atoms with van der Waals surface area (Å²) in [5.74, 6) is 0.763. The predicted molar refractivity (Wildman–Crippen MR) is 88.3 cm³/mol. The van der Waals surface area contributed by atoms with E-state index in [0.29, 0.717) is 6.54 Å². The Labute approximate surface area is 136 Å². The molecule has 1 atom stereocenters. The van der Waals surface area contributed by atoms with Crippen LogP contribution in [0.1, 0.15) is 41.4 Å². The zero-order valence-corrected chi connectivity index (χ0v) is 13.4. The zero-order valence-electron chi connectivity index (χ0n) is 13.4. The normalized spacial score (nSPS) is 15.0. The molecule has 23 heavy (non-hydrogen) atoms. The summed E-state index contributed by atoms with van der Waals surface area (Å²) in [4.78, 5) is 14.3. The van der Waals surface area contributed by atoms with E-state index < -0.39 is 0 Å². The molecule has 3 rings (SSSR count). The van der Waals surface area contributed by atoms with Crippen molar-refractivity contribution in [3.63, 3.8) is 0 Å². The lowest BCUT2D eigenvalue weighted by Crippen LogP contribution is -2.31. The first kappa shape index (κ1) is 15.6. The Morgan fingerprint density at radius 3 is 2.43 bits per heavy atom. The minimum atomic E-state index is -0.344. The van der Waals surface area contributed by atoms with Crippen LogP contribution in [0.3, 0.4) is 0 Å². The van der Waals surface area contributed by atoms with Crippen molar-refractivity contribution in [2.24, 2.45) is 0 Å². The van der Waals surface area contributed by atoms with E-state index in [1.54, 1.807) is 4.90 Å². The lowest BCUT2D eigenvalue weighted by atomic mass is 10.1. The third kappa shape index (κ3) is 3.08. The molecule has 120 valence electrons. The number of hydrogen-bond donors (Lipinski definition) is 1. The molecule has 0 aliphatic carbocycles. The number of benzene rings is 2. The average molecular weight is 311 g/mol. The van der Waals surface area contributed by atoms with Crippen LogP contribution >= 0.6 is 0 Å². The number of aliphatic hydroxyl groups is 1. The fourth-order valence-corrected chi connectivity index (χ4v) is 2.95. The van der Waals surface area contributed by atoms with Crippen molar-refractivity contribution >= 4 is 5.91 Å². The number of aliphatic hydroxyl groups excluding tert-OH is 1. The Kier molecular flexibility index (Phi) is 4.35. The molecule has 4 nitrogen and oxygen atoms in total. The molecule has 1 aliphatic heterocycles. The molecule has 1 amide bonds. The van der Waals surface area contributed by atoms with Gasteiger partial charge in [-0.05, 0) is 43.2 Å². The molecule has 0 aromatic heterocycles. The molecular formula is C19H21NO3. The Morgan fingerprint density at radius 1 is 1.13 bits per heavy atom. The summed E-state index contributed by atoms with van der Waals surface area (Å²) in [5, 5.41) is 9.83. The Bertz CT molecular complexity index is 694. The van der Waals surface area contributed by atoms with Gasteiger partial charge in [-0.25, -0.2) is 0 Å². The average Bonchev–Trinajstić information content (AvgIpc) is 2.87. The van der Waals surface area contributed by atoms with Gasteiger partial charge in [0.25, 0.3) is 5.91 Å². The van der Waals surface area contributed by atoms with E-state index in [0.717, 1.165) is 22.4 Å². The summed E-state index contributed by atoms with van der Waals surface area (Å²) < 4.78 is 5.64. The first-order chi connectivity index (χ1) is 11.1. The molecule has 1 heterocycles. The second kappa shape index (κ2) is 6.42. The number of fused-ring (bicyclic) bond motifs is 1. The van der Waals surface area contributed by atoms with Crippen LogP contribution in [0, 0.1) is 0 Å². The Morgan fingerprint density at radius 2 is 1.83 bits per heavy atom. The molecule has 0 saturated heterocycles. The van der Waals surface area contributed by atoms with Gasteiger partial charge in [0, 0.05) is 12.1 Å². The van der Waals surface area contributed by atoms with E-state index in [-0.39, 0.29) is 24.7 Å². The first-order valence-corrected chi connectivity index (χ1v) is 7.86. The zero-order chi connectivity index (χ0) is 16.4. The van der Waals surface area contributed by atoms with E-state index in [4.69, 9.17) is 4.74 Å². The summed E-state index contributed by atoms with van der Waals surface area (Å²) in [6.07, 6.45) is 0.115. The van der Waals surface area contributed by atoms with Crippen LogP contribution in [0.4, 0.5) is 0 Å². The Hall–Kier alpha value is -2.33. The maximum atomic E-state index is 12.6. The number of ether oxygens (including phenoxy) is 1. The van der Waals surface area contributed by atoms with Crippen LogP contribution in [0.2, 0.25) is 0 Å². The van der Waals surface area contributed by atoms with Gasteiger partial charge in [-0.1, -0.05) is 30.3 Å². The lowest BCUT2D eigenvalue weighted by Gasteiger charge is -2.26. The number of nitrogens with zero attached hydrogens (tertiary/aromatic N) is 1. The van der Waals surface area contributed by atoms with Crippen molar-refractivity contribution in [3.8, 4) is 5.75 Å². The van der Waals surface area contributed by atoms with Gasteiger partial charge in [0.1, 0.15) is 5.75 Å². The molecule has 4 heteroatoms. The second-order valence-electron chi connectivity index (χ2n) is 6.02. The summed E-state index contributed by atoms with van der Waals surface area (Å²) in [6, 6.07) is 14.8. The van der Waals surface area contributed by atoms with E-state index in [9.17, 15) is 9.90 Å². The minimum Gasteiger partial charge on any atom is -0.491 e. The molecule has 2 aromatic carbocycles. The van der Waals surface area contributed by atoms with Gasteiger partial charge in [0.05, 0.1) is 18.8 Å². The van der Waals surface area contributed by atoms with Gasteiger partial charge in [0.2, 0.25) is 0 Å². The molecule has 0 spiro atoms. The fourth-order valence-electron chi connectivity index (χ4n) is 2.95. The summed E-state index contributed by atoms with van der Waals surface area (Å²) in [5.41, 5.74) is 2.64. The predicted octanol–water partition coefficient (Wildman–Crippen LogP) is 3.16. The minimum absolute atomic E-state index is 0.0258. The van der Waals surface area contributed by atoms with E-state index in [1.165, 1.54) is 0 Å². The highest BCUT2D eigenvalue weighted by Crippen LogP contribution is 2.31. The third-order valence-electron chi connectivity index (χ3n) is 4.04. The van der Waals surface area contributed by atoms with Crippen LogP contribution in [-0.2, 0) is 6.54 Å². The number of rotatable bonds is 5. The van der Waals surface area contributed by atoms with Crippen molar-refractivity contribution in [2.45, 2.75) is 32.5 Å². The lowest BCUT2D eigenvalue weighted by molar-refractivity contribution is 0.0615. The van der Waals surface area contributed by atoms with Gasteiger partial charge in [0.15, 0.2) is 0 Å². The van der Waals surface area contributed by atoms with Crippen molar-refractivity contribution < 1.29 is 14.6 Å². The highest BCUT2D eigenvalue weighted by molar-refractivity contribution is 5.98. The molecule has 0 fully saturated rings. The Balaban J connectivity index is 1.82. The third-order valence-corrected chi connectivity index (χ3v) is 4.04. The number of carbonyl (C=O) groups is 1. The molecule has 0 bridgehead atoms. The molecule has 2 aromatic rings. The molecular weight excluding hydrogens is 290 g/mol.